The van der Waals surface area contributed by atoms with Crippen molar-refractivity contribution in [1.82, 2.24) is 14.6 Å². The molecule has 0 saturated carbocycles. The van der Waals surface area contributed by atoms with Gasteiger partial charge in [-0.05, 0) is 41.9 Å². The van der Waals surface area contributed by atoms with Crippen molar-refractivity contribution < 1.29 is 18.0 Å². The number of carbonyl (C=O) groups is 1. The fourth-order valence-corrected chi connectivity index (χ4v) is 2.18. The predicted molar refractivity (Wildman–Crippen MR) is 73.5 cm³/mol. The second-order valence-electron chi connectivity index (χ2n) is 4.44. The third kappa shape index (κ3) is 2.43. The number of rotatable bonds is 3. The van der Waals surface area contributed by atoms with Crippen LogP contribution in [0.25, 0.3) is 16.9 Å². The third-order valence-electron chi connectivity index (χ3n) is 3.07. The molecular formula is C14H7ClF3N3O. The summed E-state index contributed by atoms with van der Waals surface area (Å²) in [5, 5.41) is 2.87. The maximum Gasteiger partial charge on any atom is 0.280 e. The van der Waals surface area contributed by atoms with Crippen LogP contribution in [0.15, 0.2) is 36.5 Å². The number of aromatic nitrogens is 3. The number of hydrogen-bond donors (Lipinski definition) is 0. The first-order valence-corrected chi connectivity index (χ1v) is 6.48. The SMILES string of the molecule is O=C(Cl)c1cnn2c(C(F)F)cc(-c3ccc(F)cc3)nc12. The average Bonchev–Trinajstić information content (AvgIpc) is 2.90. The van der Waals surface area contributed by atoms with Crippen molar-refractivity contribution in [3.05, 3.63) is 53.6 Å². The molecule has 0 radical (unpaired) electrons. The van der Waals surface area contributed by atoms with Gasteiger partial charge in [0.1, 0.15) is 11.5 Å². The third-order valence-corrected chi connectivity index (χ3v) is 3.28. The van der Waals surface area contributed by atoms with Gasteiger partial charge in [0.2, 0.25) is 0 Å². The van der Waals surface area contributed by atoms with Gasteiger partial charge in [-0.25, -0.2) is 22.7 Å². The molecule has 0 fully saturated rings. The number of nitrogens with zero attached hydrogens (tertiary/aromatic N) is 3. The number of carbonyl (C=O) groups excluding carboxylic acids is 1. The van der Waals surface area contributed by atoms with E-state index in [4.69, 9.17) is 11.6 Å². The van der Waals surface area contributed by atoms with E-state index in [2.05, 4.69) is 10.1 Å². The largest absolute Gasteiger partial charge is 0.280 e. The summed E-state index contributed by atoms with van der Waals surface area (Å²) in [6, 6.07) is 6.32. The van der Waals surface area contributed by atoms with Crippen LogP contribution >= 0.6 is 11.6 Å². The van der Waals surface area contributed by atoms with Crippen molar-refractivity contribution in [2.24, 2.45) is 0 Å². The van der Waals surface area contributed by atoms with Crippen LogP contribution in [0.2, 0.25) is 0 Å². The predicted octanol–water partition coefficient (Wildman–Crippen LogP) is 3.85. The number of hydrogen-bond acceptors (Lipinski definition) is 3. The number of fused-ring (bicyclic) bond motifs is 1. The second kappa shape index (κ2) is 5.42. The molecular weight excluding hydrogens is 319 g/mol. The Balaban J connectivity index is 2.29. The molecule has 3 aromatic rings. The molecule has 0 unspecified atom stereocenters. The first-order chi connectivity index (χ1) is 10.5. The maximum atomic E-state index is 13.2. The number of halogens is 4. The lowest BCUT2D eigenvalue weighted by Gasteiger charge is -2.08. The van der Waals surface area contributed by atoms with E-state index < -0.39 is 23.2 Å². The van der Waals surface area contributed by atoms with Crippen molar-refractivity contribution in [2.75, 3.05) is 0 Å². The molecule has 0 aliphatic rings. The van der Waals surface area contributed by atoms with Crippen LogP contribution in [0.1, 0.15) is 22.5 Å². The Morgan fingerprint density at radius 3 is 2.50 bits per heavy atom. The maximum absolute atomic E-state index is 13.2. The minimum atomic E-state index is -2.83. The molecule has 4 nitrogen and oxygen atoms in total. The summed E-state index contributed by atoms with van der Waals surface area (Å²) >= 11 is 5.41. The highest BCUT2D eigenvalue weighted by Gasteiger charge is 2.20. The van der Waals surface area contributed by atoms with Crippen LogP contribution in [0.3, 0.4) is 0 Å². The molecule has 112 valence electrons. The molecule has 2 aromatic heterocycles. The number of benzene rings is 1. The molecule has 0 atom stereocenters. The Kier molecular flexibility index (Phi) is 3.58. The molecule has 0 aliphatic heterocycles. The van der Waals surface area contributed by atoms with Crippen LogP contribution in [0.5, 0.6) is 0 Å². The van der Waals surface area contributed by atoms with Crippen LogP contribution < -0.4 is 0 Å². The smallest absolute Gasteiger partial charge is 0.275 e. The van der Waals surface area contributed by atoms with Crippen LogP contribution in [0, 0.1) is 5.82 Å². The molecule has 3 rings (SSSR count). The van der Waals surface area contributed by atoms with Gasteiger partial charge >= 0.3 is 0 Å². The van der Waals surface area contributed by atoms with Gasteiger partial charge in [0, 0.05) is 5.56 Å². The first kappa shape index (κ1) is 14.5. The highest BCUT2D eigenvalue weighted by molar-refractivity contribution is 6.68. The van der Waals surface area contributed by atoms with E-state index in [1.807, 2.05) is 0 Å². The second-order valence-corrected chi connectivity index (χ2v) is 4.78. The lowest BCUT2D eigenvalue weighted by Crippen LogP contribution is -2.03. The summed E-state index contributed by atoms with van der Waals surface area (Å²) in [6.45, 7) is 0. The van der Waals surface area contributed by atoms with Crippen molar-refractivity contribution in [3.8, 4) is 11.3 Å². The Labute approximate surface area is 127 Å². The minimum Gasteiger partial charge on any atom is -0.275 e. The molecule has 0 aliphatic carbocycles. The molecule has 0 amide bonds. The summed E-state index contributed by atoms with van der Waals surface area (Å²) in [6.07, 6.45) is -1.75. The lowest BCUT2D eigenvalue weighted by molar-refractivity contribution is 0.108. The molecule has 1 aromatic carbocycles. The van der Waals surface area contributed by atoms with Crippen LogP contribution in [-0.4, -0.2) is 19.8 Å². The van der Waals surface area contributed by atoms with Crippen molar-refractivity contribution in [3.63, 3.8) is 0 Å². The molecule has 0 bridgehead atoms. The van der Waals surface area contributed by atoms with Gasteiger partial charge in [-0.15, -0.1) is 0 Å². The van der Waals surface area contributed by atoms with E-state index in [0.717, 1.165) is 16.8 Å². The standard InChI is InChI=1S/C14H7ClF3N3O/c15-12(22)9-6-19-21-11(13(17)18)5-10(20-14(9)21)7-1-3-8(16)4-2-7/h1-6,13H. The molecule has 22 heavy (non-hydrogen) atoms. The zero-order valence-corrected chi connectivity index (χ0v) is 11.6. The van der Waals surface area contributed by atoms with E-state index in [1.165, 1.54) is 24.3 Å². The van der Waals surface area contributed by atoms with E-state index in [1.54, 1.807) is 0 Å². The lowest BCUT2D eigenvalue weighted by atomic mass is 10.1. The van der Waals surface area contributed by atoms with Gasteiger partial charge in [-0.3, -0.25) is 4.79 Å². The van der Waals surface area contributed by atoms with Gasteiger partial charge in [0.05, 0.1) is 17.5 Å². The fourth-order valence-electron chi connectivity index (χ4n) is 2.05. The first-order valence-electron chi connectivity index (χ1n) is 6.10. The molecule has 0 N–H and O–H groups in total. The zero-order chi connectivity index (χ0) is 15.9. The molecule has 8 heteroatoms. The summed E-state index contributed by atoms with van der Waals surface area (Å²) in [5.41, 5.74) is 0.0144. The van der Waals surface area contributed by atoms with Crippen molar-refractivity contribution >= 4 is 22.5 Å². The summed E-state index contributed by atoms with van der Waals surface area (Å²) in [5.74, 6) is -0.458. The Bertz CT molecular complexity index is 862. The van der Waals surface area contributed by atoms with Crippen molar-refractivity contribution in [2.45, 2.75) is 6.43 Å². The summed E-state index contributed by atoms with van der Waals surface area (Å²) < 4.78 is 40.2. The fraction of sp³-hybridized carbons (Fsp3) is 0.0714. The Morgan fingerprint density at radius 2 is 1.91 bits per heavy atom. The average molecular weight is 326 g/mol. The number of alkyl halides is 2. The van der Waals surface area contributed by atoms with E-state index in [-0.39, 0.29) is 16.9 Å². The van der Waals surface area contributed by atoms with Crippen LogP contribution in [-0.2, 0) is 0 Å². The van der Waals surface area contributed by atoms with Gasteiger partial charge in [-0.1, -0.05) is 0 Å². The van der Waals surface area contributed by atoms with Crippen LogP contribution in [0.4, 0.5) is 13.2 Å². The summed E-state index contributed by atoms with van der Waals surface area (Å²) in [7, 11) is 0. The van der Waals surface area contributed by atoms with E-state index >= 15 is 0 Å². The van der Waals surface area contributed by atoms with E-state index in [0.29, 0.717) is 5.56 Å². The topological polar surface area (TPSA) is 47.3 Å². The van der Waals surface area contributed by atoms with Crippen molar-refractivity contribution in [1.29, 1.82) is 0 Å². The molecule has 2 heterocycles. The molecule has 0 spiro atoms. The Hall–Kier alpha value is -2.41. The normalized spacial score (nSPS) is 11.3. The minimum absolute atomic E-state index is 0.0721. The highest BCUT2D eigenvalue weighted by Crippen LogP contribution is 2.27. The zero-order valence-electron chi connectivity index (χ0n) is 10.8. The highest BCUT2D eigenvalue weighted by atomic mass is 35.5. The van der Waals surface area contributed by atoms with Gasteiger partial charge < -0.3 is 0 Å². The molecule has 0 saturated heterocycles. The van der Waals surface area contributed by atoms with Gasteiger partial charge in [0.15, 0.2) is 5.65 Å². The van der Waals surface area contributed by atoms with Gasteiger partial charge in [0.25, 0.3) is 11.7 Å². The summed E-state index contributed by atoms with van der Waals surface area (Å²) in [4.78, 5) is 15.5. The van der Waals surface area contributed by atoms with Gasteiger partial charge in [-0.2, -0.15) is 5.10 Å². The Morgan fingerprint density at radius 1 is 1.23 bits per heavy atom. The quantitative estimate of drug-likeness (QED) is 0.687. The van der Waals surface area contributed by atoms with E-state index in [9.17, 15) is 18.0 Å². The monoisotopic (exact) mass is 325 g/mol.